The van der Waals surface area contributed by atoms with Crippen LogP contribution in [-0.2, 0) is 23.2 Å². The molecule has 1 fully saturated rings. The Kier molecular flexibility index (Phi) is 7.98. The summed E-state index contributed by atoms with van der Waals surface area (Å²) in [4.78, 5) is 51.2. The zero-order chi connectivity index (χ0) is 32.0. The lowest BCUT2D eigenvalue weighted by molar-refractivity contribution is -0.121. The minimum atomic E-state index is -1.02. The number of piperazine rings is 1. The highest BCUT2D eigenvalue weighted by molar-refractivity contribution is 5.99. The number of halogens is 1. The van der Waals surface area contributed by atoms with E-state index < -0.39 is 6.09 Å². The summed E-state index contributed by atoms with van der Waals surface area (Å²) in [6.45, 7) is 7.71. The number of rotatable bonds is 7. The standard InChI is InChI=1S/C34H38FN5O5/c1-21-15-37(26(18-39(21)33(43)44)17-38-16-24-13-27(45-4)9-10-28(24)32(38)42)19-30(41)40-20-34(2,3)31-29(40)12-23(14-36-31)11-22-5-7-25(35)8-6-22/h5-10,12-14,21,26H,11,15-20H2,1-4H3,(H,43,44)/t21-,26+/m1/s1. The summed E-state index contributed by atoms with van der Waals surface area (Å²) >= 11 is 0. The number of hydrogen-bond donors (Lipinski definition) is 1. The van der Waals surface area contributed by atoms with Crippen LogP contribution in [0.1, 0.15) is 53.5 Å². The second kappa shape index (κ2) is 11.8. The van der Waals surface area contributed by atoms with Crippen molar-refractivity contribution in [2.75, 3.05) is 44.7 Å². The third kappa shape index (κ3) is 5.96. The summed E-state index contributed by atoms with van der Waals surface area (Å²) < 4.78 is 18.8. The van der Waals surface area contributed by atoms with Crippen molar-refractivity contribution < 1.29 is 28.6 Å². The van der Waals surface area contributed by atoms with Gasteiger partial charge >= 0.3 is 6.09 Å². The molecule has 2 aromatic carbocycles. The lowest BCUT2D eigenvalue weighted by Crippen LogP contribution is -2.63. The van der Waals surface area contributed by atoms with Gasteiger partial charge in [0.1, 0.15) is 11.6 Å². The highest BCUT2D eigenvalue weighted by Crippen LogP contribution is 2.40. The van der Waals surface area contributed by atoms with Crippen molar-refractivity contribution in [2.45, 2.75) is 51.2 Å². The zero-order valence-electron chi connectivity index (χ0n) is 26.0. The van der Waals surface area contributed by atoms with Crippen molar-refractivity contribution in [1.82, 2.24) is 19.7 Å². The molecule has 45 heavy (non-hydrogen) atoms. The van der Waals surface area contributed by atoms with Gasteiger partial charge in [-0.1, -0.05) is 26.0 Å². The first-order chi connectivity index (χ1) is 21.4. The van der Waals surface area contributed by atoms with Gasteiger partial charge in [0.15, 0.2) is 0 Å². The lowest BCUT2D eigenvalue weighted by Gasteiger charge is -2.45. The molecule has 2 atom stereocenters. The molecule has 0 unspecified atom stereocenters. The molecule has 4 heterocycles. The maximum atomic E-state index is 14.1. The van der Waals surface area contributed by atoms with Crippen molar-refractivity contribution in [1.29, 1.82) is 0 Å². The lowest BCUT2D eigenvalue weighted by atomic mass is 9.91. The number of ether oxygens (including phenoxy) is 1. The molecule has 3 amide bonds. The molecule has 0 saturated carbocycles. The van der Waals surface area contributed by atoms with E-state index in [1.54, 1.807) is 41.2 Å². The highest BCUT2D eigenvalue weighted by Gasteiger charge is 2.42. The monoisotopic (exact) mass is 615 g/mol. The number of methoxy groups -OCH3 is 1. The molecule has 0 radical (unpaired) electrons. The second-order valence-electron chi connectivity index (χ2n) is 13.0. The van der Waals surface area contributed by atoms with E-state index in [-0.39, 0.29) is 54.8 Å². The van der Waals surface area contributed by atoms with Crippen molar-refractivity contribution >= 4 is 23.6 Å². The van der Waals surface area contributed by atoms with Gasteiger partial charge in [-0.25, -0.2) is 9.18 Å². The van der Waals surface area contributed by atoms with Gasteiger partial charge in [-0.2, -0.15) is 0 Å². The fourth-order valence-electron chi connectivity index (χ4n) is 6.82. The Morgan fingerprint density at radius 2 is 1.84 bits per heavy atom. The van der Waals surface area contributed by atoms with Crippen LogP contribution in [-0.4, -0.2) is 94.6 Å². The number of nitrogens with zero attached hydrogens (tertiary/aromatic N) is 5. The number of hydrogen-bond acceptors (Lipinski definition) is 6. The van der Waals surface area contributed by atoms with Gasteiger partial charge in [0.05, 0.1) is 25.0 Å². The van der Waals surface area contributed by atoms with Crippen LogP contribution in [0.5, 0.6) is 5.75 Å². The number of fused-ring (bicyclic) bond motifs is 2. The number of anilines is 1. The predicted molar refractivity (Wildman–Crippen MR) is 166 cm³/mol. The first-order valence-electron chi connectivity index (χ1n) is 15.2. The smallest absolute Gasteiger partial charge is 0.407 e. The third-order valence-electron chi connectivity index (χ3n) is 9.19. The fraction of sp³-hybridized carbons (Fsp3) is 0.412. The Hall–Kier alpha value is -4.51. The van der Waals surface area contributed by atoms with Crippen molar-refractivity contribution in [3.63, 3.8) is 0 Å². The molecule has 3 aliphatic rings. The molecule has 11 heteroatoms. The van der Waals surface area contributed by atoms with E-state index in [2.05, 4.69) is 13.8 Å². The van der Waals surface area contributed by atoms with E-state index in [1.807, 2.05) is 30.2 Å². The Bertz CT molecular complexity index is 1640. The molecule has 3 aromatic rings. The van der Waals surface area contributed by atoms with Crippen LogP contribution < -0.4 is 9.64 Å². The van der Waals surface area contributed by atoms with Gasteiger partial charge in [0.25, 0.3) is 5.91 Å². The summed E-state index contributed by atoms with van der Waals surface area (Å²) in [5, 5.41) is 9.90. The summed E-state index contributed by atoms with van der Waals surface area (Å²) in [7, 11) is 1.58. The maximum absolute atomic E-state index is 14.1. The molecule has 6 rings (SSSR count). The van der Waals surface area contributed by atoms with Crippen molar-refractivity contribution in [2.24, 2.45) is 0 Å². The Balaban J connectivity index is 1.22. The Morgan fingerprint density at radius 1 is 1.09 bits per heavy atom. The molecule has 1 N–H and O–H groups in total. The van der Waals surface area contributed by atoms with Crippen LogP contribution >= 0.6 is 0 Å². The van der Waals surface area contributed by atoms with Crippen LogP contribution in [0.2, 0.25) is 0 Å². The number of benzene rings is 2. The molecule has 0 bridgehead atoms. The van der Waals surface area contributed by atoms with Gasteiger partial charge in [-0.05, 0) is 66.4 Å². The van der Waals surface area contributed by atoms with Crippen LogP contribution in [0.3, 0.4) is 0 Å². The summed E-state index contributed by atoms with van der Waals surface area (Å²) in [6.07, 6.45) is 1.36. The van der Waals surface area contributed by atoms with Crippen LogP contribution in [0.15, 0.2) is 54.7 Å². The Morgan fingerprint density at radius 3 is 2.56 bits per heavy atom. The van der Waals surface area contributed by atoms with Crippen LogP contribution in [0, 0.1) is 5.82 Å². The summed E-state index contributed by atoms with van der Waals surface area (Å²) in [6, 6.07) is 13.0. The van der Waals surface area contributed by atoms with E-state index >= 15 is 0 Å². The first-order valence-corrected chi connectivity index (χ1v) is 15.2. The first kappa shape index (κ1) is 30.5. The normalized spacial score (nSPS) is 20.7. The number of carbonyl (C=O) groups excluding carboxylic acids is 2. The molecule has 1 aromatic heterocycles. The Labute approximate surface area is 262 Å². The fourth-order valence-corrected chi connectivity index (χ4v) is 6.82. The quantitative estimate of drug-likeness (QED) is 0.426. The number of pyridine rings is 1. The average molecular weight is 616 g/mol. The topological polar surface area (TPSA) is 107 Å². The number of carboxylic acid groups (broad SMARTS) is 1. The molecule has 3 aliphatic heterocycles. The van der Waals surface area contributed by atoms with Gasteiger partial charge < -0.3 is 24.5 Å². The van der Waals surface area contributed by atoms with E-state index in [1.165, 1.54) is 17.0 Å². The maximum Gasteiger partial charge on any atom is 0.407 e. The number of amides is 3. The molecule has 1 saturated heterocycles. The average Bonchev–Trinajstić information content (AvgIpc) is 3.46. The van der Waals surface area contributed by atoms with Gasteiger partial charge in [0.2, 0.25) is 5.91 Å². The van der Waals surface area contributed by atoms with Crippen LogP contribution in [0.4, 0.5) is 14.9 Å². The second-order valence-corrected chi connectivity index (χ2v) is 13.0. The SMILES string of the molecule is COc1ccc2c(c1)CN(C[C@H]1CN(C(=O)O)[C@H](C)CN1CC(=O)N1CC(C)(C)c3ncc(Cc4ccc(F)cc4)cc31)C2=O. The minimum Gasteiger partial charge on any atom is -0.497 e. The summed E-state index contributed by atoms with van der Waals surface area (Å²) in [5.41, 5.74) is 4.58. The van der Waals surface area contributed by atoms with Crippen LogP contribution in [0.25, 0.3) is 0 Å². The van der Waals surface area contributed by atoms with Gasteiger partial charge in [-0.3, -0.25) is 19.5 Å². The highest BCUT2D eigenvalue weighted by atomic mass is 19.1. The molecule has 0 spiro atoms. The zero-order valence-corrected chi connectivity index (χ0v) is 26.0. The number of carbonyl (C=O) groups is 3. The van der Waals surface area contributed by atoms with Crippen molar-refractivity contribution in [3.8, 4) is 5.75 Å². The molecular formula is C34H38FN5O5. The molecule has 236 valence electrons. The van der Waals surface area contributed by atoms with Crippen molar-refractivity contribution in [3.05, 3.63) is 88.5 Å². The van der Waals surface area contributed by atoms with E-state index in [0.717, 1.165) is 28.1 Å². The molecule has 0 aliphatic carbocycles. The minimum absolute atomic E-state index is 0.0724. The molecule has 10 nitrogen and oxygen atoms in total. The molecular weight excluding hydrogens is 577 g/mol. The third-order valence-corrected chi connectivity index (χ3v) is 9.19. The van der Waals surface area contributed by atoms with Gasteiger partial charge in [-0.15, -0.1) is 0 Å². The van der Waals surface area contributed by atoms with Gasteiger partial charge in [0, 0.05) is 62.0 Å². The predicted octanol–water partition coefficient (Wildman–Crippen LogP) is 4.15. The van der Waals surface area contributed by atoms with E-state index in [4.69, 9.17) is 9.72 Å². The van der Waals surface area contributed by atoms with E-state index in [0.29, 0.717) is 37.4 Å². The summed E-state index contributed by atoms with van der Waals surface area (Å²) in [5.74, 6) is 0.155. The number of aromatic nitrogens is 1. The largest absolute Gasteiger partial charge is 0.497 e. The van der Waals surface area contributed by atoms with E-state index in [9.17, 15) is 23.9 Å².